The van der Waals surface area contributed by atoms with E-state index in [9.17, 15) is 13.2 Å². The van der Waals surface area contributed by atoms with E-state index in [2.05, 4.69) is 4.72 Å². The first-order valence-electron chi connectivity index (χ1n) is 8.60. The predicted molar refractivity (Wildman–Crippen MR) is 113 cm³/mol. The van der Waals surface area contributed by atoms with Crippen LogP contribution < -0.4 is 4.72 Å². The number of sulfonamides is 1. The normalized spacial score (nSPS) is 11.3. The van der Waals surface area contributed by atoms with E-state index < -0.39 is 16.0 Å². The summed E-state index contributed by atoms with van der Waals surface area (Å²) >= 11 is 1.06. The number of thiophene rings is 1. The molecule has 146 valence electrons. The zero-order valence-electron chi connectivity index (χ0n) is 16.1. The number of hydrogen-bond donors (Lipinski definition) is 1. The fourth-order valence-electron chi connectivity index (χ4n) is 2.94. The number of carbonyl (C=O) groups is 1. The lowest BCUT2D eigenvalue weighted by Gasteiger charge is -2.15. The molecule has 0 fully saturated rings. The van der Waals surface area contributed by atoms with Crippen LogP contribution in [0.5, 0.6) is 0 Å². The van der Waals surface area contributed by atoms with Gasteiger partial charge >= 0.3 is 5.97 Å². The number of nitrogens with one attached hydrogen (secondary N) is 1. The monoisotopic (exact) mass is 415 g/mol. The number of benzene rings is 2. The molecule has 0 aliphatic rings. The second kappa shape index (κ2) is 7.77. The standard InChI is InChI=1S/C21H21NO4S2/c1-13-8-10-16(11-9-13)17-12-27-19(21(23)26-4)20(17)28(24,25)22-18-14(2)6-5-7-15(18)3/h5-12,22H,1-4H3. The minimum absolute atomic E-state index is 0.0526. The van der Waals surface area contributed by atoms with Crippen molar-refractivity contribution in [2.45, 2.75) is 25.7 Å². The van der Waals surface area contributed by atoms with Crippen LogP contribution in [-0.4, -0.2) is 21.5 Å². The van der Waals surface area contributed by atoms with Crippen LogP contribution in [0, 0.1) is 20.8 Å². The van der Waals surface area contributed by atoms with Crippen LogP contribution in [0.15, 0.2) is 52.7 Å². The minimum atomic E-state index is -4.03. The number of carbonyl (C=O) groups excluding carboxylic acids is 1. The average Bonchev–Trinajstić information content (AvgIpc) is 3.11. The van der Waals surface area contributed by atoms with Gasteiger partial charge in [-0.2, -0.15) is 0 Å². The van der Waals surface area contributed by atoms with E-state index >= 15 is 0 Å². The van der Waals surface area contributed by atoms with Gasteiger partial charge in [-0.3, -0.25) is 4.72 Å². The first-order chi connectivity index (χ1) is 13.2. The summed E-state index contributed by atoms with van der Waals surface area (Å²) in [7, 11) is -2.79. The zero-order chi connectivity index (χ0) is 20.5. The highest BCUT2D eigenvalue weighted by Gasteiger charge is 2.30. The van der Waals surface area contributed by atoms with Crippen LogP contribution in [0.1, 0.15) is 26.4 Å². The summed E-state index contributed by atoms with van der Waals surface area (Å²) in [5.74, 6) is -0.676. The number of aryl methyl sites for hydroxylation is 3. The van der Waals surface area contributed by atoms with Gasteiger partial charge in [0.2, 0.25) is 0 Å². The second-order valence-corrected chi connectivity index (χ2v) is 9.04. The summed E-state index contributed by atoms with van der Waals surface area (Å²) in [5.41, 5.74) is 4.37. The Balaban J connectivity index is 2.19. The fraction of sp³-hybridized carbons (Fsp3) is 0.190. The first-order valence-corrected chi connectivity index (χ1v) is 11.0. The van der Waals surface area contributed by atoms with Gasteiger partial charge in [-0.1, -0.05) is 48.0 Å². The highest BCUT2D eigenvalue weighted by molar-refractivity contribution is 7.93. The topological polar surface area (TPSA) is 72.5 Å². The van der Waals surface area contributed by atoms with Gasteiger partial charge in [0.25, 0.3) is 10.0 Å². The summed E-state index contributed by atoms with van der Waals surface area (Å²) < 4.78 is 34.2. The third kappa shape index (κ3) is 3.81. The van der Waals surface area contributed by atoms with E-state index in [0.29, 0.717) is 11.3 Å². The van der Waals surface area contributed by atoms with Crippen molar-refractivity contribution in [2.75, 3.05) is 11.8 Å². The number of hydrogen-bond acceptors (Lipinski definition) is 5. The molecular weight excluding hydrogens is 394 g/mol. The molecular formula is C21H21NO4S2. The molecule has 1 aromatic heterocycles. The van der Waals surface area contributed by atoms with E-state index in [0.717, 1.165) is 33.6 Å². The number of methoxy groups -OCH3 is 1. The van der Waals surface area contributed by atoms with Crippen LogP contribution in [0.4, 0.5) is 5.69 Å². The summed E-state index contributed by atoms with van der Waals surface area (Å²) in [5, 5.41) is 1.68. The van der Waals surface area contributed by atoms with Gasteiger partial charge in [-0.25, -0.2) is 13.2 Å². The molecule has 0 aliphatic carbocycles. The van der Waals surface area contributed by atoms with Gasteiger partial charge in [-0.05, 0) is 37.5 Å². The maximum absolute atomic E-state index is 13.4. The molecule has 0 atom stereocenters. The molecule has 0 saturated carbocycles. The van der Waals surface area contributed by atoms with E-state index in [1.54, 1.807) is 5.38 Å². The minimum Gasteiger partial charge on any atom is -0.465 e. The lowest BCUT2D eigenvalue weighted by atomic mass is 10.1. The molecule has 0 unspecified atom stereocenters. The Morgan fingerprint density at radius 3 is 2.18 bits per heavy atom. The summed E-state index contributed by atoms with van der Waals surface area (Å²) in [6.45, 7) is 5.62. The van der Waals surface area contributed by atoms with Gasteiger partial charge in [0.05, 0.1) is 12.8 Å². The van der Waals surface area contributed by atoms with E-state index in [1.807, 2.05) is 63.2 Å². The van der Waals surface area contributed by atoms with Gasteiger partial charge in [0.1, 0.15) is 9.77 Å². The zero-order valence-corrected chi connectivity index (χ0v) is 17.7. The molecule has 0 saturated heterocycles. The van der Waals surface area contributed by atoms with Gasteiger partial charge in [0, 0.05) is 10.9 Å². The van der Waals surface area contributed by atoms with Crippen LogP contribution in [0.2, 0.25) is 0 Å². The summed E-state index contributed by atoms with van der Waals surface area (Å²) in [6, 6.07) is 13.0. The third-order valence-electron chi connectivity index (χ3n) is 4.47. The van der Waals surface area contributed by atoms with Crippen LogP contribution in [-0.2, 0) is 14.8 Å². The second-order valence-electron chi connectivity index (χ2n) is 6.54. The largest absolute Gasteiger partial charge is 0.465 e. The molecule has 0 amide bonds. The van der Waals surface area contributed by atoms with Crippen molar-refractivity contribution < 1.29 is 17.9 Å². The Labute approximate surface area is 169 Å². The predicted octanol–water partition coefficient (Wildman–Crippen LogP) is 4.93. The summed E-state index contributed by atoms with van der Waals surface area (Å²) in [4.78, 5) is 12.3. The van der Waals surface area contributed by atoms with Crippen molar-refractivity contribution in [3.05, 3.63) is 69.4 Å². The fourth-order valence-corrected chi connectivity index (χ4v) is 5.86. The number of anilines is 1. The lowest BCUT2D eigenvalue weighted by molar-refractivity contribution is 0.0602. The average molecular weight is 416 g/mol. The first kappa shape index (κ1) is 20.1. The molecule has 1 heterocycles. The van der Waals surface area contributed by atoms with Crippen molar-refractivity contribution in [3.8, 4) is 11.1 Å². The van der Waals surface area contributed by atoms with E-state index in [1.165, 1.54) is 7.11 Å². The molecule has 28 heavy (non-hydrogen) atoms. The molecule has 3 rings (SSSR count). The molecule has 3 aromatic rings. The van der Waals surface area contributed by atoms with Gasteiger partial charge < -0.3 is 4.74 Å². The Bertz CT molecular complexity index is 1110. The number of para-hydroxylation sites is 1. The van der Waals surface area contributed by atoms with Gasteiger partial charge in [0.15, 0.2) is 0 Å². The molecule has 0 radical (unpaired) electrons. The molecule has 5 nitrogen and oxygen atoms in total. The smallest absolute Gasteiger partial charge is 0.349 e. The maximum Gasteiger partial charge on any atom is 0.349 e. The number of esters is 1. The Morgan fingerprint density at radius 1 is 1.00 bits per heavy atom. The highest BCUT2D eigenvalue weighted by atomic mass is 32.2. The van der Waals surface area contributed by atoms with Crippen molar-refractivity contribution in [1.29, 1.82) is 0 Å². The Morgan fingerprint density at radius 2 is 1.61 bits per heavy atom. The lowest BCUT2D eigenvalue weighted by Crippen LogP contribution is -2.18. The number of ether oxygens (including phenoxy) is 1. The van der Waals surface area contributed by atoms with Crippen molar-refractivity contribution in [3.63, 3.8) is 0 Å². The Kier molecular flexibility index (Phi) is 5.58. The van der Waals surface area contributed by atoms with Crippen LogP contribution in [0.25, 0.3) is 11.1 Å². The Hall–Kier alpha value is -2.64. The third-order valence-corrected chi connectivity index (χ3v) is 6.99. The van der Waals surface area contributed by atoms with E-state index in [4.69, 9.17) is 4.74 Å². The molecule has 2 aromatic carbocycles. The molecule has 0 aliphatic heterocycles. The highest BCUT2D eigenvalue weighted by Crippen LogP contribution is 2.37. The van der Waals surface area contributed by atoms with Crippen molar-refractivity contribution in [1.82, 2.24) is 0 Å². The van der Waals surface area contributed by atoms with Crippen LogP contribution >= 0.6 is 11.3 Å². The molecule has 7 heteroatoms. The maximum atomic E-state index is 13.4. The molecule has 0 spiro atoms. The van der Waals surface area contributed by atoms with Crippen molar-refractivity contribution in [2.24, 2.45) is 0 Å². The van der Waals surface area contributed by atoms with E-state index in [-0.39, 0.29) is 9.77 Å². The molecule has 1 N–H and O–H groups in total. The SMILES string of the molecule is COC(=O)c1scc(-c2ccc(C)cc2)c1S(=O)(=O)Nc1c(C)cccc1C. The quantitative estimate of drug-likeness (QED) is 0.600. The summed E-state index contributed by atoms with van der Waals surface area (Å²) in [6.07, 6.45) is 0. The number of rotatable bonds is 5. The van der Waals surface area contributed by atoms with Gasteiger partial charge in [-0.15, -0.1) is 11.3 Å². The molecule has 0 bridgehead atoms. The van der Waals surface area contributed by atoms with Crippen molar-refractivity contribution >= 4 is 33.0 Å². The van der Waals surface area contributed by atoms with Crippen LogP contribution in [0.3, 0.4) is 0 Å².